The third-order valence-electron chi connectivity index (χ3n) is 5.31. The maximum absolute atomic E-state index is 12.7. The summed E-state index contributed by atoms with van der Waals surface area (Å²) >= 11 is 1.67. The number of aliphatic carboxylic acids is 1. The number of nitrogens with zero attached hydrogens (tertiary/aromatic N) is 1. The third kappa shape index (κ3) is 3.30. The van der Waals surface area contributed by atoms with Gasteiger partial charge >= 0.3 is 5.97 Å². The predicted molar refractivity (Wildman–Crippen MR) is 94.2 cm³/mol. The van der Waals surface area contributed by atoms with Crippen molar-refractivity contribution < 1.29 is 14.7 Å². The molecular formula is C18H24N2O3S. The van der Waals surface area contributed by atoms with Crippen LogP contribution in [0.25, 0.3) is 0 Å². The highest BCUT2D eigenvalue weighted by molar-refractivity contribution is 7.98. The number of carboxylic acids is 1. The topological polar surface area (TPSA) is 69.6 Å². The lowest BCUT2D eigenvalue weighted by Gasteiger charge is -2.48. The zero-order valence-corrected chi connectivity index (χ0v) is 14.8. The highest BCUT2D eigenvalue weighted by Crippen LogP contribution is 2.38. The molecule has 2 fully saturated rings. The van der Waals surface area contributed by atoms with Gasteiger partial charge in [0.15, 0.2) is 0 Å². The molecule has 5 nitrogen and oxygen atoms in total. The number of thioether (sulfide) groups is 1. The maximum Gasteiger partial charge on any atom is 0.313 e. The Labute approximate surface area is 146 Å². The molecule has 2 aliphatic rings. The summed E-state index contributed by atoms with van der Waals surface area (Å²) in [7, 11) is 0. The predicted octanol–water partition coefficient (Wildman–Crippen LogP) is 2.01. The van der Waals surface area contributed by atoms with Crippen molar-refractivity contribution in [2.45, 2.75) is 36.6 Å². The molecule has 0 radical (unpaired) electrons. The van der Waals surface area contributed by atoms with Gasteiger partial charge in [-0.2, -0.15) is 0 Å². The van der Waals surface area contributed by atoms with Crippen LogP contribution in [0.3, 0.4) is 0 Å². The number of nitrogens with one attached hydrogen (secondary N) is 1. The van der Waals surface area contributed by atoms with Crippen molar-refractivity contribution in [3.63, 3.8) is 0 Å². The molecule has 2 atom stereocenters. The molecule has 0 bridgehead atoms. The molecule has 0 aliphatic carbocycles. The first kappa shape index (κ1) is 17.3. The molecule has 2 aliphatic heterocycles. The summed E-state index contributed by atoms with van der Waals surface area (Å²) in [6.45, 7) is 1.82. The molecule has 0 unspecified atom stereocenters. The van der Waals surface area contributed by atoms with Crippen molar-refractivity contribution in [2.75, 3.05) is 25.9 Å². The van der Waals surface area contributed by atoms with Crippen LogP contribution >= 0.6 is 11.8 Å². The molecule has 0 saturated carbocycles. The van der Waals surface area contributed by atoms with Crippen molar-refractivity contribution in [1.29, 1.82) is 0 Å². The van der Waals surface area contributed by atoms with E-state index in [-0.39, 0.29) is 11.9 Å². The quantitative estimate of drug-likeness (QED) is 0.815. The number of benzene rings is 1. The van der Waals surface area contributed by atoms with Gasteiger partial charge in [-0.05, 0) is 49.8 Å². The van der Waals surface area contributed by atoms with Gasteiger partial charge in [-0.25, -0.2) is 0 Å². The highest BCUT2D eigenvalue weighted by Gasteiger charge is 2.51. The first-order chi connectivity index (χ1) is 11.5. The molecule has 0 aromatic heterocycles. The van der Waals surface area contributed by atoms with Crippen molar-refractivity contribution in [3.8, 4) is 0 Å². The average molecular weight is 348 g/mol. The Morgan fingerprint density at radius 1 is 1.38 bits per heavy atom. The summed E-state index contributed by atoms with van der Waals surface area (Å²) in [5, 5.41) is 13.1. The van der Waals surface area contributed by atoms with E-state index in [0.717, 1.165) is 18.5 Å². The summed E-state index contributed by atoms with van der Waals surface area (Å²) in [4.78, 5) is 27.5. The van der Waals surface area contributed by atoms with Gasteiger partial charge in [0.2, 0.25) is 5.91 Å². The van der Waals surface area contributed by atoms with E-state index in [4.69, 9.17) is 0 Å². The van der Waals surface area contributed by atoms with E-state index in [1.807, 2.05) is 30.5 Å². The monoisotopic (exact) mass is 348 g/mol. The molecule has 0 spiro atoms. The Morgan fingerprint density at radius 2 is 2.12 bits per heavy atom. The van der Waals surface area contributed by atoms with E-state index in [1.165, 1.54) is 4.90 Å². The van der Waals surface area contributed by atoms with Crippen LogP contribution in [-0.2, 0) is 16.0 Å². The number of piperidine rings is 2. The largest absolute Gasteiger partial charge is 0.481 e. The summed E-state index contributed by atoms with van der Waals surface area (Å²) in [6, 6.07) is 7.97. The number of fused-ring (bicyclic) bond motifs is 1. The number of carbonyl (C=O) groups excluding carboxylic acids is 1. The molecule has 2 saturated heterocycles. The van der Waals surface area contributed by atoms with Crippen molar-refractivity contribution in [3.05, 3.63) is 29.8 Å². The van der Waals surface area contributed by atoms with E-state index in [0.29, 0.717) is 32.4 Å². The SMILES string of the molecule is CSc1ccc(CC(=O)N2CC[C@@H]3NCCC[C@@]3(C(=O)O)C2)cc1. The van der Waals surface area contributed by atoms with E-state index >= 15 is 0 Å². The fraction of sp³-hybridized carbons (Fsp3) is 0.556. The second kappa shape index (κ2) is 7.15. The Balaban J connectivity index is 1.70. The Bertz CT molecular complexity index is 619. The van der Waals surface area contributed by atoms with Gasteiger partial charge in [0.1, 0.15) is 5.41 Å². The van der Waals surface area contributed by atoms with Gasteiger partial charge in [0.25, 0.3) is 0 Å². The van der Waals surface area contributed by atoms with Crippen LogP contribution in [-0.4, -0.2) is 53.8 Å². The van der Waals surface area contributed by atoms with Crippen molar-refractivity contribution >= 4 is 23.6 Å². The molecule has 130 valence electrons. The van der Waals surface area contributed by atoms with Gasteiger partial charge in [0.05, 0.1) is 6.42 Å². The van der Waals surface area contributed by atoms with Gasteiger partial charge < -0.3 is 15.3 Å². The number of amides is 1. The molecular weight excluding hydrogens is 324 g/mol. The zero-order valence-electron chi connectivity index (χ0n) is 14.0. The minimum atomic E-state index is -0.825. The van der Waals surface area contributed by atoms with Crippen LogP contribution < -0.4 is 5.32 Å². The van der Waals surface area contributed by atoms with E-state index in [2.05, 4.69) is 5.32 Å². The maximum atomic E-state index is 12.7. The smallest absolute Gasteiger partial charge is 0.313 e. The van der Waals surface area contributed by atoms with Crippen LogP contribution in [0.1, 0.15) is 24.8 Å². The Kier molecular flexibility index (Phi) is 5.15. The summed E-state index contributed by atoms with van der Waals surface area (Å²) < 4.78 is 0. The number of hydrogen-bond acceptors (Lipinski definition) is 4. The normalized spacial score (nSPS) is 26.7. The van der Waals surface area contributed by atoms with Crippen molar-refractivity contribution in [2.24, 2.45) is 5.41 Å². The number of rotatable bonds is 4. The van der Waals surface area contributed by atoms with Crippen molar-refractivity contribution in [1.82, 2.24) is 10.2 Å². The summed E-state index contributed by atoms with van der Waals surface area (Å²) in [6.07, 6.45) is 4.56. The zero-order chi connectivity index (χ0) is 17.2. The number of carbonyl (C=O) groups is 2. The number of hydrogen-bond donors (Lipinski definition) is 2. The lowest BCUT2D eigenvalue weighted by Crippen LogP contribution is -2.63. The lowest BCUT2D eigenvalue weighted by molar-refractivity contribution is -0.159. The minimum absolute atomic E-state index is 0.0198. The standard InChI is InChI=1S/C18H24N2O3S/c1-24-14-5-3-13(4-6-14)11-16(21)20-10-7-15-18(12-20,17(22)23)8-2-9-19-15/h3-6,15,19H,2,7-12H2,1H3,(H,22,23)/t15-,18+/m0/s1. The fourth-order valence-electron chi connectivity index (χ4n) is 3.89. The Hall–Kier alpha value is -1.53. The third-order valence-corrected chi connectivity index (χ3v) is 6.05. The molecule has 1 amide bonds. The molecule has 1 aromatic carbocycles. The minimum Gasteiger partial charge on any atom is -0.481 e. The second-order valence-electron chi connectivity index (χ2n) is 6.70. The summed E-state index contributed by atoms with van der Waals surface area (Å²) in [5.41, 5.74) is 0.153. The fourth-order valence-corrected chi connectivity index (χ4v) is 4.30. The van der Waals surface area contributed by atoms with Crippen LogP contribution in [0.4, 0.5) is 0 Å². The highest BCUT2D eigenvalue weighted by atomic mass is 32.2. The molecule has 3 rings (SSSR count). The van der Waals surface area contributed by atoms with E-state index < -0.39 is 11.4 Å². The van der Waals surface area contributed by atoms with Crippen LogP contribution in [0, 0.1) is 5.41 Å². The van der Waals surface area contributed by atoms with Gasteiger partial charge in [-0.15, -0.1) is 11.8 Å². The van der Waals surface area contributed by atoms with E-state index in [1.54, 1.807) is 16.7 Å². The van der Waals surface area contributed by atoms with Crippen LogP contribution in [0.5, 0.6) is 0 Å². The first-order valence-corrected chi connectivity index (χ1v) is 9.65. The summed E-state index contributed by atoms with van der Waals surface area (Å²) in [5.74, 6) is -0.752. The first-order valence-electron chi connectivity index (χ1n) is 8.43. The molecule has 6 heteroatoms. The lowest BCUT2D eigenvalue weighted by atomic mass is 9.70. The van der Waals surface area contributed by atoms with Gasteiger partial charge in [-0.1, -0.05) is 12.1 Å². The number of carboxylic acid groups (broad SMARTS) is 1. The average Bonchev–Trinajstić information content (AvgIpc) is 2.61. The molecule has 2 heterocycles. The second-order valence-corrected chi connectivity index (χ2v) is 7.58. The molecule has 1 aromatic rings. The van der Waals surface area contributed by atoms with Crippen LogP contribution in [0.2, 0.25) is 0 Å². The molecule has 2 N–H and O–H groups in total. The van der Waals surface area contributed by atoms with E-state index in [9.17, 15) is 14.7 Å². The van der Waals surface area contributed by atoms with Crippen LogP contribution in [0.15, 0.2) is 29.2 Å². The molecule has 24 heavy (non-hydrogen) atoms. The van der Waals surface area contributed by atoms with Gasteiger partial charge in [-0.3, -0.25) is 9.59 Å². The number of likely N-dealkylation sites (tertiary alicyclic amines) is 1. The Morgan fingerprint density at radius 3 is 2.79 bits per heavy atom. The van der Waals surface area contributed by atoms with Gasteiger partial charge in [0, 0.05) is 24.0 Å².